The third-order valence-corrected chi connectivity index (χ3v) is 4.97. The summed E-state index contributed by atoms with van der Waals surface area (Å²) in [5, 5.41) is 4.02. The number of benzene rings is 2. The average Bonchev–Trinajstić information content (AvgIpc) is 2.67. The number of halogens is 1. The van der Waals surface area contributed by atoms with Crippen LogP contribution in [-0.2, 0) is 17.8 Å². The maximum Gasteiger partial charge on any atom is 0.125 e. The molecule has 3 N–H and O–H groups in total. The maximum atomic E-state index is 6.17. The molecule has 0 aliphatic carbocycles. The highest BCUT2D eigenvalue weighted by atomic mass is 35.5. The molecule has 0 amide bonds. The van der Waals surface area contributed by atoms with Gasteiger partial charge in [-0.15, -0.1) is 0 Å². The Morgan fingerprint density at radius 1 is 1.30 bits per heavy atom. The molecule has 0 bridgehead atoms. The van der Waals surface area contributed by atoms with Crippen LogP contribution in [0.15, 0.2) is 42.5 Å². The summed E-state index contributed by atoms with van der Waals surface area (Å²) in [5.41, 5.74) is 8.77. The van der Waals surface area contributed by atoms with Gasteiger partial charge in [-0.2, -0.15) is 0 Å². The molecule has 1 atom stereocenters. The Kier molecular flexibility index (Phi) is 7.35. The highest BCUT2D eigenvalue weighted by Crippen LogP contribution is 2.29. The fraction of sp³-hybridized carbons (Fsp3) is 0.429. The van der Waals surface area contributed by atoms with Crippen LogP contribution in [0, 0.1) is 0 Å². The van der Waals surface area contributed by atoms with Crippen molar-refractivity contribution in [3.63, 3.8) is 0 Å². The van der Waals surface area contributed by atoms with Gasteiger partial charge in [-0.05, 0) is 18.6 Å². The lowest BCUT2D eigenvalue weighted by Gasteiger charge is -2.33. The Bertz CT molecular complexity index is 727. The van der Waals surface area contributed by atoms with Crippen molar-refractivity contribution < 1.29 is 9.47 Å². The Balaban J connectivity index is 1.51. The highest BCUT2D eigenvalue weighted by molar-refractivity contribution is 6.33. The zero-order valence-electron chi connectivity index (χ0n) is 15.8. The van der Waals surface area contributed by atoms with E-state index in [0.717, 1.165) is 44.1 Å². The van der Waals surface area contributed by atoms with Gasteiger partial charge in [0, 0.05) is 44.4 Å². The molecule has 1 heterocycles. The topological polar surface area (TPSA) is 59.8 Å². The monoisotopic (exact) mass is 389 g/mol. The third-order valence-electron chi connectivity index (χ3n) is 4.64. The second-order valence-corrected chi connectivity index (χ2v) is 7.17. The summed E-state index contributed by atoms with van der Waals surface area (Å²) in [7, 11) is 0. The number of ether oxygens (including phenoxy) is 2. The van der Waals surface area contributed by atoms with E-state index < -0.39 is 0 Å². The first-order chi connectivity index (χ1) is 13.2. The number of nitrogens with two attached hydrogens (primary N) is 1. The smallest absolute Gasteiger partial charge is 0.125 e. The van der Waals surface area contributed by atoms with Gasteiger partial charge in [-0.1, -0.05) is 41.9 Å². The van der Waals surface area contributed by atoms with Gasteiger partial charge in [0.05, 0.1) is 30.0 Å². The summed E-state index contributed by atoms with van der Waals surface area (Å²) in [5.74, 6) is 0.780. The van der Waals surface area contributed by atoms with E-state index in [4.69, 9.17) is 26.8 Å². The fourth-order valence-electron chi connectivity index (χ4n) is 3.30. The Morgan fingerprint density at radius 2 is 2.11 bits per heavy atom. The number of hydrogen-bond donors (Lipinski definition) is 2. The first kappa shape index (κ1) is 20.0. The molecule has 6 heteroatoms. The summed E-state index contributed by atoms with van der Waals surface area (Å²) in [6.45, 7) is 7.59. The van der Waals surface area contributed by atoms with Crippen molar-refractivity contribution in [3.8, 4) is 5.75 Å². The van der Waals surface area contributed by atoms with Crippen molar-refractivity contribution in [1.29, 1.82) is 0 Å². The molecule has 0 aromatic heterocycles. The van der Waals surface area contributed by atoms with Crippen LogP contribution in [0.5, 0.6) is 5.75 Å². The molecule has 146 valence electrons. The predicted octanol–water partition coefficient (Wildman–Crippen LogP) is 3.31. The zero-order chi connectivity index (χ0) is 19.1. The van der Waals surface area contributed by atoms with Crippen LogP contribution >= 0.6 is 11.6 Å². The molecule has 5 nitrogen and oxygen atoms in total. The van der Waals surface area contributed by atoms with Crippen LogP contribution in [-0.4, -0.2) is 43.9 Å². The van der Waals surface area contributed by atoms with Gasteiger partial charge in [0.1, 0.15) is 5.75 Å². The van der Waals surface area contributed by atoms with Gasteiger partial charge in [0.25, 0.3) is 0 Å². The maximum absolute atomic E-state index is 6.17. The molecule has 1 saturated heterocycles. The lowest BCUT2D eigenvalue weighted by Crippen LogP contribution is -2.46. The minimum absolute atomic E-state index is 0.169. The number of hydrogen-bond acceptors (Lipinski definition) is 5. The van der Waals surface area contributed by atoms with E-state index in [2.05, 4.69) is 40.5 Å². The van der Waals surface area contributed by atoms with Gasteiger partial charge in [0.2, 0.25) is 0 Å². The zero-order valence-corrected chi connectivity index (χ0v) is 16.5. The fourth-order valence-corrected chi connectivity index (χ4v) is 3.48. The van der Waals surface area contributed by atoms with Gasteiger partial charge in [-0.3, -0.25) is 4.90 Å². The van der Waals surface area contributed by atoms with E-state index in [-0.39, 0.29) is 6.10 Å². The number of nitrogens with zero attached hydrogens (tertiary/aromatic N) is 1. The SMILES string of the molecule is CCOc1cc(N)c(Cl)cc1CNCC1CN(Cc2ccccc2)CCO1. The summed E-state index contributed by atoms with van der Waals surface area (Å²) >= 11 is 6.17. The normalized spacial score (nSPS) is 17.8. The van der Waals surface area contributed by atoms with E-state index in [1.54, 1.807) is 6.07 Å². The number of rotatable bonds is 8. The van der Waals surface area contributed by atoms with E-state index in [1.807, 2.05) is 13.0 Å². The van der Waals surface area contributed by atoms with Crippen LogP contribution in [0.3, 0.4) is 0 Å². The van der Waals surface area contributed by atoms with E-state index >= 15 is 0 Å². The minimum Gasteiger partial charge on any atom is -0.493 e. The Labute approximate surface area is 166 Å². The van der Waals surface area contributed by atoms with Crippen LogP contribution < -0.4 is 15.8 Å². The number of nitrogen functional groups attached to an aromatic ring is 1. The van der Waals surface area contributed by atoms with Gasteiger partial charge >= 0.3 is 0 Å². The van der Waals surface area contributed by atoms with Gasteiger partial charge in [-0.25, -0.2) is 0 Å². The lowest BCUT2D eigenvalue weighted by molar-refractivity contribution is -0.0300. The number of anilines is 1. The van der Waals surface area contributed by atoms with E-state index in [0.29, 0.717) is 23.9 Å². The molecule has 1 aliphatic rings. The molecule has 3 rings (SSSR count). The van der Waals surface area contributed by atoms with Gasteiger partial charge < -0.3 is 20.5 Å². The van der Waals surface area contributed by atoms with Crippen LogP contribution in [0.1, 0.15) is 18.1 Å². The molecule has 27 heavy (non-hydrogen) atoms. The van der Waals surface area contributed by atoms with Crippen molar-refractivity contribution in [2.75, 3.05) is 38.6 Å². The predicted molar refractivity (Wildman–Crippen MR) is 110 cm³/mol. The summed E-state index contributed by atoms with van der Waals surface area (Å²) in [4.78, 5) is 2.44. The molecule has 1 fully saturated rings. The largest absolute Gasteiger partial charge is 0.493 e. The first-order valence-corrected chi connectivity index (χ1v) is 9.82. The van der Waals surface area contributed by atoms with Crippen molar-refractivity contribution in [3.05, 3.63) is 58.6 Å². The highest BCUT2D eigenvalue weighted by Gasteiger charge is 2.20. The summed E-state index contributed by atoms with van der Waals surface area (Å²) in [6, 6.07) is 14.2. The van der Waals surface area contributed by atoms with Crippen molar-refractivity contribution in [1.82, 2.24) is 10.2 Å². The number of nitrogens with one attached hydrogen (secondary N) is 1. The van der Waals surface area contributed by atoms with Crippen molar-refractivity contribution >= 4 is 17.3 Å². The molecule has 0 spiro atoms. The second kappa shape index (κ2) is 9.95. The van der Waals surface area contributed by atoms with Gasteiger partial charge in [0.15, 0.2) is 0 Å². The van der Waals surface area contributed by atoms with Crippen molar-refractivity contribution in [2.24, 2.45) is 0 Å². The van der Waals surface area contributed by atoms with E-state index in [9.17, 15) is 0 Å². The minimum atomic E-state index is 0.169. The van der Waals surface area contributed by atoms with Crippen LogP contribution in [0.4, 0.5) is 5.69 Å². The molecular weight excluding hydrogens is 362 g/mol. The lowest BCUT2D eigenvalue weighted by atomic mass is 10.1. The van der Waals surface area contributed by atoms with E-state index in [1.165, 1.54) is 5.56 Å². The Hall–Kier alpha value is -1.79. The first-order valence-electron chi connectivity index (χ1n) is 9.45. The average molecular weight is 390 g/mol. The van der Waals surface area contributed by atoms with Crippen molar-refractivity contribution in [2.45, 2.75) is 26.1 Å². The molecular formula is C21H28ClN3O2. The molecule has 0 radical (unpaired) electrons. The summed E-state index contributed by atoms with van der Waals surface area (Å²) in [6.07, 6.45) is 0.169. The molecule has 0 saturated carbocycles. The molecule has 2 aromatic carbocycles. The second-order valence-electron chi connectivity index (χ2n) is 6.76. The van der Waals surface area contributed by atoms with Crippen LogP contribution in [0.25, 0.3) is 0 Å². The molecule has 1 aliphatic heterocycles. The van der Waals surface area contributed by atoms with Crippen LogP contribution in [0.2, 0.25) is 5.02 Å². The third kappa shape index (κ3) is 5.84. The number of morpholine rings is 1. The quantitative estimate of drug-likeness (QED) is 0.678. The molecule has 1 unspecified atom stereocenters. The Morgan fingerprint density at radius 3 is 2.89 bits per heavy atom. The summed E-state index contributed by atoms with van der Waals surface area (Å²) < 4.78 is 11.6. The molecule has 2 aromatic rings. The standard InChI is InChI=1S/C21H28ClN3O2/c1-2-26-21-11-20(23)19(22)10-17(21)12-24-13-18-15-25(8-9-27-18)14-16-6-4-3-5-7-16/h3-7,10-11,18,24H,2,8-9,12-15,23H2,1H3.